The number of alkyl halides is 1. The van der Waals surface area contributed by atoms with Gasteiger partial charge in [0.1, 0.15) is 8.07 Å². The molecule has 0 N–H and O–H groups in total. The molecule has 0 bridgehead atoms. The van der Waals surface area contributed by atoms with Crippen molar-refractivity contribution in [3.8, 4) is 0 Å². The summed E-state index contributed by atoms with van der Waals surface area (Å²) in [7, 11) is -1.34. The third kappa shape index (κ3) is 1.55. The first-order chi connectivity index (χ1) is 4.67. The molecule has 1 rings (SSSR count). The highest BCUT2D eigenvalue weighted by Crippen LogP contribution is 2.22. The lowest BCUT2D eigenvalue weighted by Crippen LogP contribution is -2.32. The van der Waals surface area contributed by atoms with Gasteiger partial charge < -0.3 is 4.74 Å². The second-order valence-electron chi connectivity index (χ2n) is 3.22. The molecule has 0 aromatic rings. The van der Waals surface area contributed by atoms with Gasteiger partial charge in [-0.1, -0.05) is 13.1 Å². The van der Waals surface area contributed by atoms with E-state index in [0.29, 0.717) is 0 Å². The third-order valence-electron chi connectivity index (χ3n) is 1.71. The monoisotopic (exact) mass is 176 g/mol. The van der Waals surface area contributed by atoms with Crippen molar-refractivity contribution < 1.29 is 4.74 Å². The molecule has 0 fully saturated rings. The number of halogens is 1. The molecule has 1 aliphatic rings. The molecular formula is C7H13ClOSi. The highest BCUT2D eigenvalue weighted by molar-refractivity contribution is 6.88. The topological polar surface area (TPSA) is 9.23 Å². The Morgan fingerprint density at radius 3 is 2.80 bits per heavy atom. The molecule has 1 nitrogen and oxygen atoms in total. The molecule has 0 saturated carbocycles. The minimum atomic E-state index is -1.34. The first kappa shape index (κ1) is 8.15. The van der Waals surface area contributed by atoms with Gasteiger partial charge in [0.05, 0.1) is 12.0 Å². The molecule has 10 heavy (non-hydrogen) atoms. The van der Waals surface area contributed by atoms with E-state index in [9.17, 15) is 0 Å². The Hall–Kier alpha value is 0.0469. The lowest BCUT2D eigenvalue weighted by molar-refractivity contribution is 0.264. The quantitative estimate of drug-likeness (QED) is 0.464. The molecule has 0 radical (unpaired) electrons. The summed E-state index contributed by atoms with van der Waals surface area (Å²) in [5, 5.41) is 1.20. The van der Waals surface area contributed by atoms with Crippen LogP contribution in [0.1, 0.15) is 6.42 Å². The van der Waals surface area contributed by atoms with Crippen molar-refractivity contribution in [3.63, 3.8) is 0 Å². The van der Waals surface area contributed by atoms with Gasteiger partial charge >= 0.3 is 0 Å². The van der Waals surface area contributed by atoms with Gasteiger partial charge in [0.15, 0.2) is 0 Å². The molecule has 0 atom stereocenters. The zero-order valence-electron chi connectivity index (χ0n) is 6.48. The van der Waals surface area contributed by atoms with Crippen LogP contribution in [-0.4, -0.2) is 20.2 Å². The van der Waals surface area contributed by atoms with E-state index in [1.807, 2.05) is 0 Å². The molecule has 58 valence electrons. The van der Waals surface area contributed by atoms with Crippen LogP contribution in [0.5, 0.6) is 0 Å². The molecule has 0 unspecified atom stereocenters. The molecule has 1 heterocycles. The Morgan fingerprint density at radius 2 is 2.40 bits per heavy atom. The van der Waals surface area contributed by atoms with E-state index in [2.05, 4.69) is 19.2 Å². The van der Waals surface area contributed by atoms with Crippen LogP contribution in [0.15, 0.2) is 11.5 Å². The van der Waals surface area contributed by atoms with Gasteiger partial charge in [0.25, 0.3) is 0 Å². The largest absolute Gasteiger partial charge is 0.503 e. The molecule has 0 spiro atoms. The van der Waals surface area contributed by atoms with Crippen molar-refractivity contribution in [2.75, 3.05) is 12.1 Å². The first-order valence-electron chi connectivity index (χ1n) is 3.56. The molecule has 0 aromatic heterocycles. The molecule has 0 saturated heterocycles. The summed E-state index contributed by atoms with van der Waals surface area (Å²) in [5.41, 5.74) is 0.763. The number of hydrogen-bond donors (Lipinski definition) is 0. The van der Waals surface area contributed by atoms with Crippen LogP contribution in [0.25, 0.3) is 0 Å². The predicted molar refractivity (Wildman–Crippen MR) is 46.9 cm³/mol. The van der Waals surface area contributed by atoms with E-state index in [4.69, 9.17) is 16.3 Å². The maximum atomic E-state index is 5.81. The normalized spacial score (nSPS) is 18.5. The Labute approximate surface area is 68.0 Å². The fraction of sp³-hybridized carbons (Fsp3) is 0.714. The Morgan fingerprint density at radius 1 is 1.70 bits per heavy atom. The van der Waals surface area contributed by atoms with Crippen LogP contribution in [0, 0.1) is 0 Å². The summed E-state index contributed by atoms with van der Waals surface area (Å²) in [6.45, 7) is 5.33. The van der Waals surface area contributed by atoms with Gasteiger partial charge in [0.2, 0.25) is 0 Å². The lowest BCUT2D eigenvalue weighted by Gasteiger charge is -2.19. The molecule has 3 heteroatoms. The number of ether oxygens (including phenoxy) is 1. The summed E-state index contributed by atoms with van der Waals surface area (Å²) in [5.74, 6) is 0. The maximum absolute atomic E-state index is 5.81. The number of hydrogen-bond acceptors (Lipinski definition) is 1. The van der Waals surface area contributed by atoms with E-state index >= 15 is 0 Å². The maximum Gasteiger partial charge on any atom is 0.139 e. The minimum Gasteiger partial charge on any atom is -0.503 e. The Bertz CT molecular complexity index is 154. The molecule has 0 amide bonds. The lowest BCUT2D eigenvalue weighted by atomic mass is 10.5. The van der Waals surface area contributed by atoms with Crippen molar-refractivity contribution in [2.24, 2.45) is 0 Å². The summed E-state index contributed by atoms with van der Waals surface area (Å²) in [6, 6.07) is 0. The molecule has 0 aromatic carbocycles. The van der Waals surface area contributed by atoms with Gasteiger partial charge in [-0.25, -0.2) is 0 Å². The highest BCUT2D eigenvalue weighted by Gasteiger charge is 2.28. The molecule has 0 aliphatic carbocycles. The van der Waals surface area contributed by atoms with Crippen LogP contribution in [-0.2, 0) is 4.74 Å². The summed E-state index contributed by atoms with van der Waals surface area (Å²) < 4.78 is 5.45. The van der Waals surface area contributed by atoms with Gasteiger partial charge in [-0.05, 0) is 6.08 Å². The van der Waals surface area contributed by atoms with Crippen LogP contribution in [0.4, 0.5) is 0 Å². The SMILES string of the molecule is C[Si](C)(CCl)C1=CCCO1. The van der Waals surface area contributed by atoms with Crippen LogP contribution < -0.4 is 0 Å². The van der Waals surface area contributed by atoms with Gasteiger partial charge in [-0.3, -0.25) is 0 Å². The summed E-state index contributed by atoms with van der Waals surface area (Å²) in [4.78, 5) is 0. The minimum absolute atomic E-state index is 0.763. The van der Waals surface area contributed by atoms with Crippen molar-refractivity contribution in [2.45, 2.75) is 19.5 Å². The van der Waals surface area contributed by atoms with Crippen molar-refractivity contribution in [1.82, 2.24) is 0 Å². The van der Waals surface area contributed by atoms with Crippen molar-refractivity contribution in [1.29, 1.82) is 0 Å². The van der Waals surface area contributed by atoms with Gasteiger partial charge in [0, 0.05) is 11.9 Å². The highest BCUT2D eigenvalue weighted by atomic mass is 35.5. The average Bonchev–Trinajstić information content (AvgIpc) is 2.38. The second-order valence-corrected chi connectivity index (χ2v) is 8.55. The fourth-order valence-electron chi connectivity index (χ4n) is 0.955. The smallest absolute Gasteiger partial charge is 0.139 e. The van der Waals surface area contributed by atoms with E-state index in [1.54, 1.807) is 0 Å². The zero-order chi connectivity index (χ0) is 7.61. The average molecular weight is 177 g/mol. The first-order valence-corrected chi connectivity index (χ1v) is 7.30. The van der Waals surface area contributed by atoms with Crippen LogP contribution in [0.3, 0.4) is 0 Å². The third-order valence-corrected chi connectivity index (χ3v) is 6.06. The van der Waals surface area contributed by atoms with Crippen LogP contribution in [0.2, 0.25) is 13.1 Å². The Kier molecular flexibility index (Phi) is 2.42. The van der Waals surface area contributed by atoms with Gasteiger partial charge in [-0.2, -0.15) is 0 Å². The summed E-state index contributed by atoms with van der Waals surface area (Å²) in [6.07, 6.45) is 3.26. The zero-order valence-corrected chi connectivity index (χ0v) is 8.24. The van der Waals surface area contributed by atoms with E-state index in [-0.39, 0.29) is 0 Å². The fourth-order valence-corrected chi connectivity index (χ4v) is 2.67. The molecule has 1 aliphatic heterocycles. The van der Waals surface area contributed by atoms with Crippen molar-refractivity contribution in [3.05, 3.63) is 11.5 Å². The second kappa shape index (κ2) is 2.97. The standard InChI is InChI=1S/C7H13ClOSi/c1-10(2,6-8)7-4-3-5-9-7/h4H,3,5-6H2,1-2H3. The van der Waals surface area contributed by atoms with Crippen LogP contribution >= 0.6 is 11.6 Å². The van der Waals surface area contributed by atoms with Crippen molar-refractivity contribution >= 4 is 19.7 Å². The van der Waals surface area contributed by atoms with E-state index < -0.39 is 8.07 Å². The Balaban J connectivity index is 2.62. The number of rotatable bonds is 2. The van der Waals surface area contributed by atoms with E-state index in [0.717, 1.165) is 18.5 Å². The van der Waals surface area contributed by atoms with Gasteiger partial charge in [-0.15, -0.1) is 11.6 Å². The predicted octanol–water partition coefficient (Wildman–Crippen LogP) is 2.32. The summed E-state index contributed by atoms with van der Waals surface area (Å²) >= 11 is 5.81. The van der Waals surface area contributed by atoms with E-state index in [1.165, 1.54) is 5.38 Å². The molecular weight excluding hydrogens is 164 g/mol.